The van der Waals surface area contributed by atoms with Crippen LogP contribution in [0.3, 0.4) is 0 Å². The topological polar surface area (TPSA) is 51.2 Å². The summed E-state index contributed by atoms with van der Waals surface area (Å²) in [5.41, 5.74) is 1.22. The van der Waals surface area contributed by atoms with E-state index in [1.54, 1.807) is 6.07 Å². The van der Waals surface area contributed by atoms with Crippen LogP contribution in [0, 0.1) is 6.92 Å². The number of pyridine rings is 1. The summed E-state index contributed by atoms with van der Waals surface area (Å²) in [5.74, 6) is -0.182. The number of carbonyl (C=O) groups is 1. The molecule has 1 aromatic heterocycles. The Morgan fingerprint density at radius 3 is 3.12 bits per heavy atom. The van der Waals surface area contributed by atoms with Gasteiger partial charge in [0.1, 0.15) is 0 Å². The van der Waals surface area contributed by atoms with Gasteiger partial charge in [0.15, 0.2) is 0 Å². The van der Waals surface area contributed by atoms with Crippen LogP contribution in [0.15, 0.2) is 12.3 Å². The van der Waals surface area contributed by atoms with E-state index in [2.05, 4.69) is 10.3 Å². The lowest BCUT2D eigenvalue weighted by molar-refractivity contribution is 0.0624. The van der Waals surface area contributed by atoms with Gasteiger partial charge in [-0.3, -0.25) is 9.78 Å². The highest BCUT2D eigenvalue weighted by molar-refractivity contribution is 6.33. The van der Waals surface area contributed by atoms with Crippen LogP contribution in [0.25, 0.3) is 0 Å². The molecule has 4 nitrogen and oxygen atoms in total. The van der Waals surface area contributed by atoms with Crippen molar-refractivity contribution in [1.82, 2.24) is 10.3 Å². The molecule has 0 saturated carbocycles. The average Bonchev–Trinajstić information content (AvgIpc) is 2.30. The standard InChI is InChI=1S/C12H15ClN2O2/c1-8-5-11(13)10(6-14-8)12(16)15-9-3-2-4-17-7-9/h5-6,9H,2-4,7H2,1H3,(H,15,16). The number of halogens is 1. The molecule has 0 radical (unpaired) electrons. The second-order valence-electron chi connectivity index (χ2n) is 4.19. The summed E-state index contributed by atoms with van der Waals surface area (Å²) in [6, 6.07) is 1.77. The van der Waals surface area contributed by atoms with E-state index in [4.69, 9.17) is 16.3 Å². The molecule has 0 bridgehead atoms. The summed E-state index contributed by atoms with van der Waals surface area (Å²) in [7, 11) is 0. The van der Waals surface area contributed by atoms with Crippen LogP contribution >= 0.6 is 11.6 Å². The number of ether oxygens (including phenoxy) is 1. The molecule has 1 saturated heterocycles. The van der Waals surface area contributed by atoms with Crippen LogP contribution in [-0.4, -0.2) is 30.1 Å². The zero-order valence-corrected chi connectivity index (χ0v) is 10.5. The molecule has 1 unspecified atom stereocenters. The smallest absolute Gasteiger partial charge is 0.254 e. The molecule has 1 aliphatic heterocycles. The first kappa shape index (κ1) is 12.3. The van der Waals surface area contributed by atoms with Gasteiger partial charge < -0.3 is 10.1 Å². The van der Waals surface area contributed by atoms with E-state index in [0.717, 1.165) is 25.1 Å². The molecule has 1 fully saturated rings. The number of carbonyl (C=O) groups excluding carboxylic acids is 1. The summed E-state index contributed by atoms with van der Waals surface area (Å²) in [4.78, 5) is 16.0. The Kier molecular flexibility index (Phi) is 3.97. The summed E-state index contributed by atoms with van der Waals surface area (Å²) >= 11 is 6.01. The largest absolute Gasteiger partial charge is 0.379 e. The van der Waals surface area contributed by atoms with Crippen molar-refractivity contribution in [1.29, 1.82) is 0 Å². The van der Waals surface area contributed by atoms with Crippen LogP contribution in [0.1, 0.15) is 28.9 Å². The van der Waals surface area contributed by atoms with Crippen LogP contribution in [0.2, 0.25) is 5.02 Å². The lowest BCUT2D eigenvalue weighted by atomic mass is 10.1. The van der Waals surface area contributed by atoms with Crippen LogP contribution in [-0.2, 0) is 4.74 Å². The molecule has 2 rings (SSSR count). The maximum Gasteiger partial charge on any atom is 0.254 e. The fraction of sp³-hybridized carbons (Fsp3) is 0.500. The summed E-state index contributed by atoms with van der Waals surface area (Å²) < 4.78 is 5.30. The minimum absolute atomic E-state index is 0.0774. The molecule has 1 aliphatic rings. The Hall–Kier alpha value is -1.13. The van der Waals surface area contributed by atoms with Gasteiger partial charge in [-0.1, -0.05) is 11.6 Å². The second kappa shape index (κ2) is 5.47. The maximum absolute atomic E-state index is 12.0. The van der Waals surface area contributed by atoms with Gasteiger partial charge in [0.05, 0.1) is 23.2 Å². The van der Waals surface area contributed by atoms with Gasteiger partial charge in [-0.05, 0) is 25.8 Å². The van der Waals surface area contributed by atoms with Crippen LogP contribution < -0.4 is 5.32 Å². The van der Waals surface area contributed by atoms with Gasteiger partial charge in [-0.15, -0.1) is 0 Å². The van der Waals surface area contributed by atoms with Crippen molar-refractivity contribution >= 4 is 17.5 Å². The molecule has 1 aromatic rings. The van der Waals surface area contributed by atoms with Crippen LogP contribution in [0.5, 0.6) is 0 Å². The first-order valence-electron chi connectivity index (χ1n) is 5.67. The Morgan fingerprint density at radius 1 is 1.65 bits per heavy atom. The molecule has 0 aromatic carbocycles. The molecule has 1 atom stereocenters. The van der Waals surface area contributed by atoms with E-state index < -0.39 is 0 Å². The first-order chi connectivity index (χ1) is 8.16. The highest BCUT2D eigenvalue weighted by Crippen LogP contribution is 2.16. The number of nitrogens with one attached hydrogen (secondary N) is 1. The molecule has 17 heavy (non-hydrogen) atoms. The van der Waals surface area contributed by atoms with Gasteiger partial charge in [0.25, 0.3) is 5.91 Å². The van der Waals surface area contributed by atoms with E-state index in [9.17, 15) is 4.79 Å². The Labute approximate surface area is 105 Å². The quantitative estimate of drug-likeness (QED) is 0.878. The average molecular weight is 255 g/mol. The van der Waals surface area contributed by atoms with Gasteiger partial charge in [-0.2, -0.15) is 0 Å². The highest BCUT2D eigenvalue weighted by atomic mass is 35.5. The predicted molar refractivity (Wildman–Crippen MR) is 65.3 cm³/mol. The van der Waals surface area contributed by atoms with Gasteiger partial charge in [-0.25, -0.2) is 0 Å². The molecular formula is C12H15ClN2O2. The zero-order valence-electron chi connectivity index (χ0n) is 9.70. The van der Waals surface area contributed by atoms with Crippen molar-refractivity contribution in [3.05, 3.63) is 28.5 Å². The third-order valence-corrected chi connectivity index (χ3v) is 3.04. The highest BCUT2D eigenvalue weighted by Gasteiger charge is 2.18. The van der Waals surface area contributed by atoms with E-state index >= 15 is 0 Å². The number of aromatic nitrogens is 1. The van der Waals surface area contributed by atoms with Crippen molar-refractivity contribution in [2.45, 2.75) is 25.8 Å². The number of nitrogens with zero attached hydrogens (tertiary/aromatic N) is 1. The van der Waals surface area contributed by atoms with E-state index in [1.165, 1.54) is 6.20 Å². The maximum atomic E-state index is 12.0. The molecule has 0 spiro atoms. The normalized spacial score (nSPS) is 20.0. The molecular weight excluding hydrogens is 240 g/mol. The molecule has 1 N–H and O–H groups in total. The Balaban J connectivity index is 2.03. The van der Waals surface area contributed by atoms with Crippen molar-refractivity contribution in [2.24, 2.45) is 0 Å². The minimum atomic E-state index is -0.182. The molecule has 92 valence electrons. The summed E-state index contributed by atoms with van der Waals surface area (Å²) in [6.07, 6.45) is 3.43. The van der Waals surface area contributed by atoms with Gasteiger partial charge in [0.2, 0.25) is 0 Å². The molecule has 1 amide bonds. The lowest BCUT2D eigenvalue weighted by Crippen LogP contribution is -2.40. The summed E-state index contributed by atoms with van der Waals surface area (Å²) in [6.45, 7) is 3.18. The van der Waals surface area contributed by atoms with Gasteiger partial charge >= 0.3 is 0 Å². The van der Waals surface area contributed by atoms with E-state index in [1.807, 2.05) is 6.92 Å². The fourth-order valence-corrected chi connectivity index (χ4v) is 2.10. The SMILES string of the molecule is Cc1cc(Cl)c(C(=O)NC2CCCOC2)cn1. The third kappa shape index (κ3) is 3.17. The molecule has 0 aliphatic carbocycles. The monoisotopic (exact) mass is 254 g/mol. The van der Waals surface area contributed by atoms with Crippen molar-refractivity contribution < 1.29 is 9.53 Å². The number of rotatable bonds is 2. The fourth-order valence-electron chi connectivity index (χ4n) is 1.81. The predicted octanol–water partition coefficient (Wildman–Crippen LogP) is 1.95. The third-order valence-electron chi connectivity index (χ3n) is 2.73. The van der Waals surface area contributed by atoms with Gasteiger partial charge in [0, 0.05) is 18.5 Å². The van der Waals surface area contributed by atoms with E-state index in [0.29, 0.717) is 17.2 Å². The number of aryl methyl sites for hydroxylation is 1. The number of hydrogen-bond acceptors (Lipinski definition) is 3. The summed E-state index contributed by atoms with van der Waals surface area (Å²) in [5, 5.41) is 3.34. The van der Waals surface area contributed by atoms with Crippen molar-refractivity contribution in [2.75, 3.05) is 13.2 Å². The Bertz CT molecular complexity index is 417. The van der Waals surface area contributed by atoms with Crippen molar-refractivity contribution in [3.63, 3.8) is 0 Å². The lowest BCUT2D eigenvalue weighted by Gasteiger charge is -2.23. The number of hydrogen-bond donors (Lipinski definition) is 1. The minimum Gasteiger partial charge on any atom is -0.379 e. The molecule has 2 heterocycles. The van der Waals surface area contributed by atoms with Crippen molar-refractivity contribution in [3.8, 4) is 0 Å². The zero-order chi connectivity index (χ0) is 12.3. The molecule has 5 heteroatoms. The number of amides is 1. The van der Waals surface area contributed by atoms with Crippen LogP contribution in [0.4, 0.5) is 0 Å². The van der Waals surface area contributed by atoms with E-state index in [-0.39, 0.29) is 11.9 Å². The second-order valence-corrected chi connectivity index (χ2v) is 4.60. The Morgan fingerprint density at radius 2 is 2.47 bits per heavy atom. The first-order valence-corrected chi connectivity index (χ1v) is 6.05.